The van der Waals surface area contributed by atoms with Crippen molar-refractivity contribution < 1.29 is 13.9 Å². The Balaban J connectivity index is 1.88. The van der Waals surface area contributed by atoms with Gasteiger partial charge in [0.2, 0.25) is 5.89 Å². The maximum absolute atomic E-state index is 5.73. The highest BCUT2D eigenvalue weighted by molar-refractivity contribution is 5.64. The number of hydrogen-bond acceptors (Lipinski definition) is 6. The van der Waals surface area contributed by atoms with E-state index in [9.17, 15) is 0 Å². The summed E-state index contributed by atoms with van der Waals surface area (Å²) in [5.41, 5.74) is 3.96. The molecule has 6 nitrogen and oxygen atoms in total. The molecule has 0 saturated carbocycles. The Morgan fingerprint density at radius 2 is 1.62 bits per heavy atom. The zero-order chi connectivity index (χ0) is 17.1. The average Bonchev–Trinajstić information content (AvgIpc) is 3.06. The summed E-state index contributed by atoms with van der Waals surface area (Å²) in [4.78, 5) is 0. The Morgan fingerprint density at radius 1 is 0.917 bits per heavy atom. The minimum absolute atomic E-state index is 0.345. The molecule has 0 bridgehead atoms. The molecule has 6 heteroatoms. The van der Waals surface area contributed by atoms with E-state index in [-0.39, 0.29) is 0 Å². The molecule has 3 aromatic rings. The van der Waals surface area contributed by atoms with Crippen LogP contribution in [0.2, 0.25) is 0 Å². The Hall–Kier alpha value is -3.02. The van der Waals surface area contributed by atoms with Gasteiger partial charge in [-0.2, -0.15) is 0 Å². The van der Waals surface area contributed by atoms with Crippen molar-refractivity contribution in [3.8, 4) is 23.0 Å². The standard InChI is InChI=1S/C18H19N3O3/c1-11-6-5-7-12(2)16(11)19-18-21-20-17(24-18)13-8-9-14(22-3)15(10-13)23-4/h5-10H,1-4H3,(H,19,21). The second-order valence-electron chi connectivity index (χ2n) is 5.37. The normalized spacial score (nSPS) is 10.5. The predicted octanol–water partition coefficient (Wildman–Crippen LogP) is 4.11. The summed E-state index contributed by atoms with van der Waals surface area (Å²) in [6.45, 7) is 4.06. The molecule has 0 aliphatic carbocycles. The number of methoxy groups -OCH3 is 2. The lowest BCUT2D eigenvalue weighted by atomic mass is 10.1. The molecule has 0 atom stereocenters. The minimum Gasteiger partial charge on any atom is -0.493 e. The van der Waals surface area contributed by atoms with Crippen LogP contribution >= 0.6 is 0 Å². The number of nitrogens with zero attached hydrogens (tertiary/aromatic N) is 2. The molecule has 124 valence electrons. The summed E-state index contributed by atoms with van der Waals surface area (Å²) in [6.07, 6.45) is 0. The molecule has 1 heterocycles. The summed E-state index contributed by atoms with van der Waals surface area (Å²) in [5, 5.41) is 11.4. The van der Waals surface area contributed by atoms with Crippen molar-refractivity contribution in [2.75, 3.05) is 19.5 Å². The van der Waals surface area contributed by atoms with Crippen LogP contribution in [0.15, 0.2) is 40.8 Å². The molecule has 24 heavy (non-hydrogen) atoms. The summed E-state index contributed by atoms with van der Waals surface area (Å²) in [7, 11) is 3.18. The molecule has 0 saturated heterocycles. The van der Waals surface area contributed by atoms with Gasteiger partial charge in [0.15, 0.2) is 11.5 Å². The van der Waals surface area contributed by atoms with E-state index in [2.05, 4.69) is 15.5 Å². The van der Waals surface area contributed by atoms with Crippen molar-refractivity contribution >= 4 is 11.7 Å². The van der Waals surface area contributed by atoms with E-state index in [0.717, 1.165) is 22.4 Å². The van der Waals surface area contributed by atoms with Crippen molar-refractivity contribution in [3.05, 3.63) is 47.5 Å². The molecular weight excluding hydrogens is 306 g/mol. The van der Waals surface area contributed by atoms with Crippen molar-refractivity contribution in [3.63, 3.8) is 0 Å². The number of nitrogens with one attached hydrogen (secondary N) is 1. The number of benzene rings is 2. The maximum atomic E-state index is 5.73. The predicted molar refractivity (Wildman–Crippen MR) is 92.0 cm³/mol. The van der Waals surface area contributed by atoms with Crippen molar-refractivity contribution in [1.29, 1.82) is 0 Å². The molecule has 2 aromatic carbocycles. The molecule has 0 aliphatic heterocycles. The first kappa shape index (κ1) is 15.9. The molecule has 0 fully saturated rings. The van der Waals surface area contributed by atoms with Gasteiger partial charge in [0.1, 0.15) is 0 Å². The highest BCUT2D eigenvalue weighted by Crippen LogP contribution is 2.32. The number of aromatic nitrogens is 2. The van der Waals surface area contributed by atoms with Crippen molar-refractivity contribution in [2.45, 2.75) is 13.8 Å². The Morgan fingerprint density at radius 3 is 2.29 bits per heavy atom. The minimum atomic E-state index is 0.345. The number of rotatable bonds is 5. The van der Waals surface area contributed by atoms with E-state index in [1.807, 2.05) is 38.1 Å². The van der Waals surface area contributed by atoms with Gasteiger partial charge in [-0.05, 0) is 43.2 Å². The van der Waals surface area contributed by atoms with Gasteiger partial charge in [-0.1, -0.05) is 23.3 Å². The van der Waals surface area contributed by atoms with Crippen LogP contribution in [0.25, 0.3) is 11.5 Å². The van der Waals surface area contributed by atoms with Crippen LogP contribution < -0.4 is 14.8 Å². The number of aryl methyl sites for hydroxylation is 2. The molecular formula is C18H19N3O3. The van der Waals surface area contributed by atoms with Gasteiger partial charge >= 0.3 is 6.01 Å². The first-order valence-corrected chi connectivity index (χ1v) is 7.51. The van der Waals surface area contributed by atoms with E-state index < -0.39 is 0 Å². The zero-order valence-electron chi connectivity index (χ0n) is 14.1. The first-order valence-electron chi connectivity index (χ1n) is 7.51. The van der Waals surface area contributed by atoms with Gasteiger partial charge in [-0.15, -0.1) is 5.10 Å². The quantitative estimate of drug-likeness (QED) is 0.761. The number of hydrogen-bond donors (Lipinski definition) is 1. The third-order valence-corrected chi connectivity index (χ3v) is 3.77. The van der Waals surface area contributed by atoms with Gasteiger partial charge in [0.05, 0.1) is 14.2 Å². The fourth-order valence-electron chi connectivity index (χ4n) is 2.48. The SMILES string of the molecule is COc1ccc(-c2nnc(Nc3c(C)cccc3C)o2)cc1OC. The van der Waals surface area contributed by atoms with E-state index in [1.165, 1.54) is 0 Å². The number of para-hydroxylation sites is 1. The average molecular weight is 325 g/mol. The zero-order valence-corrected chi connectivity index (χ0v) is 14.1. The van der Waals surface area contributed by atoms with Gasteiger partial charge in [-0.3, -0.25) is 0 Å². The lowest BCUT2D eigenvalue weighted by Gasteiger charge is -2.09. The van der Waals surface area contributed by atoms with E-state index in [1.54, 1.807) is 26.4 Å². The number of anilines is 2. The van der Waals surface area contributed by atoms with Crippen LogP contribution in [0.4, 0.5) is 11.7 Å². The largest absolute Gasteiger partial charge is 0.493 e. The smallest absolute Gasteiger partial charge is 0.320 e. The number of ether oxygens (including phenoxy) is 2. The third kappa shape index (κ3) is 3.03. The van der Waals surface area contributed by atoms with E-state index in [4.69, 9.17) is 13.9 Å². The fraction of sp³-hybridized carbons (Fsp3) is 0.222. The Kier molecular flexibility index (Phi) is 4.37. The lowest BCUT2D eigenvalue weighted by molar-refractivity contribution is 0.355. The molecule has 3 rings (SSSR count). The monoisotopic (exact) mass is 325 g/mol. The van der Waals surface area contributed by atoms with Crippen LogP contribution in [0.3, 0.4) is 0 Å². The Bertz CT molecular complexity index is 838. The van der Waals surface area contributed by atoms with E-state index in [0.29, 0.717) is 23.4 Å². The fourth-order valence-corrected chi connectivity index (χ4v) is 2.48. The van der Waals surface area contributed by atoms with Gasteiger partial charge < -0.3 is 19.2 Å². The van der Waals surface area contributed by atoms with Crippen molar-refractivity contribution in [1.82, 2.24) is 10.2 Å². The third-order valence-electron chi connectivity index (χ3n) is 3.77. The summed E-state index contributed by atoms with van der Waals surface area (Å²) in [5.74, 6) is 1.66. The second-order valence-corrected chi connectivity index (χ2v) is 5.37. The molecule has 0 radical (unpaired) electrons. The van der Waals surface area contributed by atoms with Crippen LogP contribution in [0.5, 0.6) is 11.5 Å². The molecule has 0 spiro atoms. The first-order chi connectivity index (χ1) is 11.6. The van der Waals surface area contributed by atoms with Crippen LogP contribution in [0.1, 0.15) is 11.1 Å². The molecule has 0 amide bonds. The summed E-state index contributed by atoms with van der Waals surface area (Å²) >= 11 is 0. The van der Waals surface area contributed by atoms with Crippen LogP contribution in [-0.2, 0) is 0 Å². The summed E-state index contributed by atoms with van der Waals surface area (Å²) < 4.78 is 16.3. The highest BCUT2D eigenvalue weighted by atomic mass is 16.5. The molecule has 1 N–H and O–H groups in total. The van der Waals surface area contributed by atoms with Crippen molar-refractivity contribution in [2.24, 2.45) is 0 Å². The molecule has 0 aliphatic rings. The van der Waals surface area contributed by atoms with Gasteiger partial charge in [-0.25, -0.2) is 0 Å². The van der Waals surface area contributed by atoms with Gasteiger partial charge in [0.25, 0.3) is 0 Å². The lowest BCUT2D eigenvalue weighted by Crippen LogP contribution is -1.95. The maximum Gasteiger partial charge on any atom is 0.320 e. The van der Waals surface area contributed by atoms with E-state index >= 15 is 0 Å². The topological polar surface area (TPSA) is 69.4 Å². The summed E-state index contributed by atoms with van der Waals surface area (Å²) in [6, 6.07) is 11.9. The highest BCUT2D eigenvalue weighted by Gasteiger charge is 2.13. The Labute approximate surface area is 140 Å². The van der Waals surface area contributed by atoms with Crippen LogP contribution in [-0.4, -0.2) is 24.4 Å². The second kappa shape index (κ2) is 6.62. The molecule has 0 unspecified atom stereocenters. The molecule has 1 aromatic heterocycles. The van der Waals surface area contributed by atoms with Gasteiger partial charge in [0, 0.05) is 11.3 Å². The van der Waals surface area contributed by atoms with Crippen LogP contribution in [0, 0.1) is 13.8 Å².